The summed E-state index contributed by atoms with van der Waals surface area (Å²) in [6.07, 6.45) is 0. The van der Waals surface area contributed by atoms with Crippen LogP contribution in [0, 0.1) is 6.92 Å². The maximum Gasteiger partial charge on any atom is 0.297 e. The summed E-state index contributed by atoms with van der Waals surface area (Å²) in [5.41, 5.74) is 3.81. The van der Waals surface area contributed by atoms with Crippen LogP contribution >= 0.6 is 11.8 Å². The topological polar surface area (TPSA) is 109 Å². The fourth-order valence-electron chi connectivity index (χ4n) is 3.78. The fraction of sp³-hybridized carbons (Fsp3) is 0.250. The molecular formula is C24H24N8O2S. The van der Waals surface area contributed by atoms with E-state index in [2.05, 4.69) is 51.6 Å². The molecule has 0 aliphatic carbocycles. The van der Waals surface area contributed by atoms with Crippen molar-refractivity contribution in [3.63, 3.8) is 0 Å². The Morgan fingerprint density at radius 2 is 1.80 bits per heavy atom. The monoisotopic (exact) mass is 488 g/mol. The molecule has 2 aromatic carbocycles. The van der Waals surface area contributed by atoms with Crippen LogP contribution in [0.3, 0.4) is 0 Å². The highest BCUT2D eigenvalue weighted by Gasteiger charge is 2.22. The molecule has 10 nitrogen and oxygen atoms in total. The summed E-state index contributed by atoms with van der Waals surface area (Å²) in [7, 11) is 1.83. The predicted molar refractivity (Wildman–Crippen MR) is 132 cm³/mol. The zero-order chi connectivity index (χ0) is 24.5. The molecule has 0 saturated heterocycles. The molecular weight excluding hydrogens is 464 g/mol. The summed E-state index contributed by atoms with van der Waals surface area (Å²) in [6, 6.07) is 17.6. The number of rotatable bonds is 7. The van der Waals surface area contributed by atoms with E-state index < -0.39 is 0 Å². The van der Waals surface area contributed by atoms with Crippen molar-refractivity contribution in [1.29, 1.82) is 0 Å². The second-order valence-electron chi connectivity index (χ2n) is 8.36. The van der Waals surface area contributed by atoms with Gasteiger partial charge in [-0.05, 0) is 41.0 Å². The van der Waals surface area contributed by atoms with E-state index in [1.807, 2.05) is 56.4 Å². The summed E-state index contributed by atoms with van der Waals surface area (Å²) in [5.74, 6) is 1.78. The normalized spacial score (nSPS) is 11.5. The van der Waals surface area contributed by atoms with Crippen LogP contribution in [0.1, 0.15) is 36.9 Å². The molecule has 0 unspecified atom stereocenters. The van der Waals surface area contributed by atoms with E-state index in [0.29, 0.717) is 34.2 Å². The minimum atomic E-state index is -0.213. The van der Waals surface area contributed by atoms with Crippen LogP contribution in [0.15, 0.2) is 69.1 Å². The van der Waals surface area contributed by atoms with E-state index in [-0.39, 0.29) is 5.56 Å². The third-order valence-electron chi connectivity index (χ3n) is 5.80. The number of aromatic nitrogens is 8. The van der Waals surface area contributed by atoms with E-state index in [4.69, 9.17) is 4.52 Å². The van der Waals surface area contributed by atoms with Crippen LogP contribution in [-0.4, -0.2) is 39.7 Å². The van der Waals surface area contributed by atoms with Crippen molar-refractivity contribution in [2.24, 2.45) is 7.05 Å². The van der Waals surface area contributed by atoms with Gasteiger partial charge in [-0.25, -0.2) is 4.68 Å². The Hall–Kier alpha value is -3.99. The van der Waals surface area contributed by atoms with Crippen LogP contribution in [0.25, 0.3) is 22.8 Å². The molecule has 5 aromatic rings. The van der Waals surface area contributed by atoms with Crippen molar-refractivity contribution in [1.82, 2.24) is 39.7 Å². The quantitative estimate of drug-likeness (QED) is 0.317. The van der Waals surface area contributed by atoms with Crippen LogP contribution in [0.2, 0.25) is 0 Å². The second-order valence-corrected chi connectivity index (χ2v) is 9.30. The molecule has 0 spiro atoms. The van der Waals surface area contributed by atoms with E-state index >= 15 is 0 Å². The number of nitrogens with zero attached hydrogens (tertiary/aromatic N) is 8. The first-order valence-electron chi connectivity index (χ1n) is 11.1. The van der Waals surface area contributed by atoms with Crippen LogP contribution in [0.5, 0.6) is 0 Å². The largest absolute Gasteiger partial charge is 0.338 e. The molecule has 35 heavy (non-hydrogen) atoms. The molecule has 178 valence electrons. The molecule has 0 aliphatic rings. The Morgan fingerprint density at radius 3 is 2.51 bits per heavy atom. The number of thioether (sulfide) groups is 1. The van der Waals surface area contributed by atoms with Gasteiger partial charge in [0, 0.05) is 12.6 Å². The first-order chi connectivity index (χ1) is 16.9. The number of hydrogen-bond donors (Lipinski definition) is 0. The van der Waals surface area contributed by atoms with Crippen molar-refractivity contribution >= 4 is 11.8 Å². The number of tetrazole rings is 1. The van der Waals surface area contributed by atoms with Gasteiger partial charge < -0.3 is 4.52 Å². The zero-order valence-electron chi connectivity index (χ0n) is 19.8. The minimum absolute atomic E-state index is 0.213. The van der Waals surface area contributed by atoms with Gasteiger partial charge >= 0.3 is 0 Å². The van der Waals surface area contributed by atoms with Gasteiger partial charge in [0.1, 0.15) is 0 Å². The lowest BCUT2D eigenvalue weighted by Crippen LogP contribution is -2.22. The molecule has 0 saturated carbocycles. The highest BCUT2D eigenvalue weighted by Crippen LogP contribution is 2.25. The van der Waals surface area contributed by atoms with Gasteiger partial charge in [-0.15, -0.1) is 5.10 Å². The molecule has 0 aliphatic heterocycles. The first kappa shape index (κ1) is 22.8. The van der Waals surface area contributed by atoms with Crippen molar-refractivity contribution in [3.8, 4) is 22.8 Å². The van der Waals surface area contributed by atoms with Gasteiger partial charge in [-0.1, -0.05) is 73.2 Å². The van der Waals surface area contributed by atoms with Gasteiger partial charge in [0.15, 0.2) is 5.69 Å². The molecule has 3 heterocycles. The summed E-state index contributed by atoms with van der Waals surface area (Å²) >= 11 is 1.32. The fourth-order valence-corrected chi connectivity index (χ4v) is 4.50. The van der Waals surface area contributed by atoms with Crippen molar-refractivity contribution in [2.75, 3.05) is 0 Å². The van der Waals surface area contributed by atoms with Crippen molar-refractivity contribution < 1.29 is 4.52 Å². The van der Waals surface area contributed by atoms with Gasteiger partial charge in [0.05, 0.1) is 17.1 Å². The number of benzene rings is 2. The molecule has 0 radical (unpaired) electrons. The Kier molecular flexibility index (Phi) is 6.08. The van der Waals surface area contributed by atoms with Crippen LogP contribution in [0.4, 0.5) is 0 Å². The van der Waals surface area contributed by atoms with Gasteiger partial charge in [0.25, 0.3) is 5.56 Å². The average Bonchev–Trinajstić information content (AvgIpc) is 3.57. The first-order valence-corrected chi connectivity index (χ1v) is 12.1. The zero-order valence-corrected chi connectivity index (χ0v) is 20.6. The second kappa shape index (κ2) is 9.34. The van der Waals surface area contributed by atoms with Crippen molar-refractivity contribution in [2.45, 2.75) is 37.6 Å². The van der Waals surface area contributed by atoms with E-state index in [9.17, 15) is 4.79 Å². The van der Waals surface area contributed by atoms with E-state index in [1.54, 1.807) is 9.36 Å². The maximum atomic E-state index is 13.3. The molecule has 0 amide bonds. The standard InChI is InChI=1S/C24H24N8O2S/c1-15(2)17-10-12-18(13-11-17)22-25-20(34-27-22)14-35-24-26-28-29-31(24)21-16(3)30(4)32(23(21)33)19-8-6-5-7-9-19/h5-13,15H,14H2,1-4H3. The van der Waals surface area contributed by atoms with Crippen LogP contribution in [-0.2, 0) is 12.8 Å². The Labute approximate surface area is 205 Å². The predicted octanol–water partition coefficient (Wildman–Crippen LogP) is 3.93. The van der Waals surface area contributed by atoms with Crippen LogP contribution < -0.4 is 5.56 Å². The highest BCUT2D eigenvalue weighted by atomic mass is 32.2. The van der Waals surface area contributed by atoms with Gasteiger partial charge in [-0.3, -0.25) is 9.48 Å². The molecule has 0 bridgehead atoms. The Morgan fingerprint density at radius 1 is 1.06 bits per heavy atom. The van der Waals surface area contributed by atoms with E-state index in [1.165, 1.54) is 22.0 Å². The van der Waals surface area contributed by atoms with Gasteiger partial charge in [0.2, 0.25) is 16.9 Å². The molecule has 11 heteroatoms. The molecule has 0 atom stereocenters. The van der Waals surface area contributed by atoms with E-state index in [0.717, 1.165) is 16.9 Å². The smallest absolute Gasteiger partial charge is 0.297 e. The summed E-state index contributed by atoms with van der Waals surface area (Å²) in [6.45, 7) is 6.17. The SMILES string of the molecule is Cc1c(-n2nnnc2SCc2nc(-c3ccc(C(C)C)cc3)no2)c(=O)n(-c2ccccc2)n1C. The Bertz CT molecular complexity index is 1510. The minimum Gasteiger partial charge on any atom is -0.338 e. The number of hydrogen-bond acceptors (Lipinski definition) is 8. The summed E-state index contributed by atoms with van der Waals surface area (Å²) in [5, 5.41) is 16.6. The molecule has 0 fully saturated rings. The number of para-hydroxylation sites is 1. The molecule has 0 N–H and O–H groups in total. The lowest BCUT2D eigenvalue weighted by atomic mass is 10.0. The molecule has 5 rings (SSSR count). The summed E-state index contributed by atoms with van der Waals surface area (Å²) in [4.78, 5) is 17.8. The van der Waals surface area contributed by atoms with Gasteiger partial charge in [-0.2, -0.15) is 9.67 Å². The highest BCUT2D eigenvalue weighted by molar-refractivity contribution is 7.98. The third-order valence-corrected chi connectivity index (χ3v) is 6.71. The average molecular weight is 489 g/mol. The maximum absolute atomic E-state index is 13.3. The molecule has 3 aromatic heterocycles. The van der Waals surface area contributed by atoms with Crippen molar-refractivity contribution in [3.05, 3.63) is 82.1 Å². The third kappa shape index (κ3) is 4.30. The lowest BCUT2D eigenvalue weighted by molar-refractivity contribution is 0.391. The lowest BCUT2D eigenvalue weighted by Gasteiger charge is -2.07. The Balaban J connectivity index is 1.38. The summed E-state index contributed by atoms with van der Waals surface area (Å²) < 4.78 is 10.3.